The van der Waals surface area contributed by atoms with Crippen LogP contribution in [0.25, 0.3) is 0 Å². The first-order valence-electron chi connectivity index (χ1n) is 23.9. The highest BCUT2D eigenvalue weighted by molar-refractivity contribution is 5.74. The number of hydrogen-bond donors (Lipinski definition) is 19. The zero-order valence-corrected chi connectivity index (χ0v) is 40.7. The third-order valence-corrected chi connectivity index (χ3v) is 13.6. The van der Waals surface area contributed by atoms with Crippen molar-refractivity contribution in [1.29, 1.82) is 0 Å². The zero-order chi connectivity index (χ0) is 55.5. The van der Waals surface area contributed by atoms with Crippen LogP contribution in [0.15, 0.2) is 0 Å². The van der Waals surface area contributed by atoms with Crippen LogP contribution in [0.2, 0.25) is 0 Å². The third-order valence-electron chi connectivity index (χ3n) is 13.6. The largest absolute Gasteiger partial charge is 0.394 e. The number of ether oxygens (including phenoxy) is 11. The lowest BCUT2D eigenvalue weighted by molar-refractivity contribution is -0.381. The molecule has 33 heteroatoms. The van der Waals surface area contributed by atoms with Crippen LogP contribution in [0.1, 0.15) is 27.7 Å². The Morgan fingerprint density at radius 1 is 0.373 bits per heavy atom. The number of nitrogens with one attached hydrogen (secondary N) is 3. The Hall–Kier alpha value is -2.67. The lowest BCUT2D eigenvalue weighted by Gasteiger charge is -2.49. The minimum absolute atomic E-state index is 0.714. The van der Waals surface area contributed by atoms with Gasteiger partial charge in [0.15, 0.2) is 37.7 Å². The average molecular weight is 1100 g/mol. The first-order valence-corrected chi connectivity index (χ1v) is 23.9. The van der Waals surface area contributed by atoms with Gasteiger partial charge in [0.1, 0.15) is 140 Å². The van der Waals surface area contributed by atoms with Crippen LogP contribution in [0.5, 0.6) is 0 Å². The summed E-state index contributed by atoms with van der Waals surface area (Å²) in [5, 5.41) is 179. The second-order valence-corrected chi connectivity index (χ2v) is 19.0. The highest BCUT2D eigenvalue weighted by Gasteiger charge is 2.57. The van der Waals surface area contributed by atoms with E-state index in [0.29, 0.717) is 0 Å². The van der Waals surface area contributed by atoms with Gasteiger partial charge in [0.2, 0.25) is 17.7 Å². The molecule has 6 aliphatic heterocycles. The molecule has 3 amide bonds. The molecule has 3 unspecified atom stereocenters. The average Bonchev–Trinajstić information content (AvgIpc) is 3.36. The van der Waals surface area contributed by atoms with Gasteiger partial charge in [0.25, 0.3) is 0 Å². The van der Waals surface area contributed by atoms with Gasteiger partial charge >= 0.3 is 0 Å². The summed E-state index contributed by atoms with van der Waals surface area (Å²) in [5.41, 5.74) is 0. The van der Waals surface area contributed by atoms with Crippen molar-refractivity contribution in [1.82, 2.24) is 16.0 Å². The molecule has 0 aromatic carbocycles. The van der Waals surface area contributed by atoms with Gasteiger partial charge in [-0.1, -0.05) is 0 Å². The summed E-state index contributed by atoms with van der Waals surface area (Å²) in [4.78, 5) is 36.9. The fourth-order valence-corrected chi connectivity index (χ4v) is 9.55. The minimum atomic E-state index is -2.13. The Bertz CT molecular complexity index is 1850. The van der Waals surface area contributed by atoms with E-state index >= 15 is 0 Å². The van der Waals surface area contributed by atoms with E-state index in [4.69, 9.17) is 52.1 Å². The molecule has 19 N–H and O–H groups in total. The van der Waals surface area contributed by atoms with Gasteiger partial charge in [-0.2, -0.15) is 0 Å². The number of aliphatic hydroxyl groups excluding tert-OH is 16. The maximum atomic E-state index is 12.5. The number of hydrogen-bond acceptors (Lipinski definition) is 30. The van der Waals surface area contributed by atoms with Crippen molar-refractivity contribution in [3.8, 4) is 0 Å². The standard InChI is InChI=1S/C42H71N3O30/c1-10-22(53)28(59)31(62)40(66-10)75-36-29(60)24(55)15(6-47)69-42(36)74-35-21(45-13(4)52)37(64)67-18(25(35)56)9-65-38-20(44-12(3)51)27(58)33(16(7-48)70-38)73-41-32(63)30(61)34(17(8-49)71-41)72-39-19(43-11(2)50)26(57)23(54)14(5-46)68-39/h10,14-42,46-49,53-64H,5-9H2,1-4H3,(H,43,50)(H,44,51)(H,45,52)/t10-,14+,15+,16+,17+,18+,19+,20+,21+,22+,23-,24-,25-,26+,27+,28+,29-,30+,31-,32+,33+,34-,35+,36+,37?,38?,39?,40-,41-,42-/m0/s1. The number of rotatable bonds is 18. The molecule has 0 spiro atoms. The fourth-order valence-electron chi connectivity index (χ4n) is 9.55. The quantitative estimate of drug-likeness (QED) is 0.0606. The van der Waals surface area contributed by atoms with Gasteiger partial charge in [-0.25, -0.2) is 0 Å². The van der Waals surface area contributed by atoms with Crippen molar-refractivity contribution in [3.05, 3.63) is 0 Å². The molecule has 0 saturated carbocycles. The SMILES string of the molecule is CC(=O)N[C@H]1C(O[C@@H]2[C@H](O)[C@@H](O)[C@H](O[C@H]3[C@H](O)[C@@H](NC(C)=O)C(OC[C@H]4OC(O)[C@H](NC(C)=O)[C@@H](O[C@@H]5O[C@H](CO)[C@H](O)[C@H](O)[C@H]5O[C@@H]5O[C@@H](C)[C@@H](O)[C@@H](O)[C@@H]5O)[C@H]4O)O[C@@H]3CO)O[C@@H]2CO)O[C@H](CO)[C@H](O)[C@@H]1O. The molecule has 6 fully saturated rings. The summed E-state index contributed by atoms with van der Waals surface area (Å²) >= 11 is 0. The molecule has 6 aliphatic rings. The van der Waals surface area contributed by atoms with Crippen LogP contribution in [0, 0.1) is 0 Å². The number of carbonyl (C=O) groups is 3. The predicted octanol–water partition coefficient (Wildman–Crippen LogP) is -12.6. The zero-order valence-electron chi connectivity index (χ0n) is 40.7. The van der Waals surface area contributed by atoms with Crippen LogP contribution in [0.3, 0.4) is 0 Å². The van der Waals surface area contributed by atoms with Gasteiger partial charge in [-0.3, -0.25) is 14.4 Å². The fraction of sp³-hybridized carbons (Fsp3) is 0.929. The number of amides is 3. The topological polar surface area (TPSA) is 513 Å². The first kappa shape index (κ1) is 61.5. The lowest BCUT2D eigenvalue weighted by atomic mass is 9.94. The smallest absolute Gasteiger partial charge is 0.217 e. The molecule has 0 aromatic heterocycles. The Morgan fingerprint density at radius 2 is 0.787 bits per heavy atom. The molecular weight excluding hydrogens is 1030 g/mol. The molecule has 6 saturated heterocycles. The van der Waals surface area contributed by atoms with Gasteiger partial charge in [0.05, 0.1) is 39.1 Å². The molecule has 0 radical (unpaired) electrons. The molecule has 30 atom stereocenters. The minimum Gasteiger partial charge on any atom is -0.394 e. The molecular formula is C42H71N3O30. The highest BCUT2D eigenvalue weighted by Crippen LogP contribution is 2.36. The third kappa shape index (κ3) is 13.7. The van der Waals surface area contributed by atoms with E-state index in [-0.39, 0.29) is 0 Å². The molecule has 0 bridgehead atoms. The summed E-state index contributed by atoms with van der Waals surface area (Å²) in [5.74, 6) is -2.31. The maximum absolute atomic E-state index is 12.5. The summed E-state index contributed by atoms with van der Waals surface area (Å²) in [7, 11) is 0. The van der Waals surface area contributed by atoms with Crippen molar-refractivity contribution in [2.45, 2.75) is 212 Å². The molecule has 6 heterocycles. The van der Waals surface area contributed by atoms with Crippen LogP contribution < -0.4 is 16.0 Å². The van der Waals surface area contributed by atoms with E-state index in [2.05, 4.69) is 16.0 Å². The van der Waals surface area contributed by atoms with Gasteiger partial charge < -0.3 is 150 Å². The van der Waals surface area contributed by atoms with Gasteiger partial charge in [0, 0.05) is 20.8 Å². The Labute approximate surface area is 426 Å². The van der Waals surface area contributed by atoms with Crippen molar-refractivity contribution < 1.29 is 148 Å². The summed E-state index contributed by atoms with van der Waals surface area (Å²) in [6.07, 6.45) is -48.8. The van der Waals surface area contributed by atoms with Crippen molar-refractivity contribution in [2.24, 2.45) is 0 Å². The van der Waals surface area contributed by atoms with Crippen LogP contribution >= 0.6 is 0 Å². The summed E-state index contributed by atoms with van der Waals surface area (Å²) in [6, 6.07) is -4.85. The molecule has 33 nitrogen and oxygen atoms in total. The Morgan fingerprint density at radius 3 is 1.35 bits per heavy atom. The highest BCUT2D eigenvalue weighted by atomic mass is 16.8. The van der Waals surface area contributed by atoms with E-state index in [9.17, 15) is 96.1 Å². The monoisotopic (exact) mass is 1100 g/mol. The van der Waals surface area contributed by atoms with Crippen molar-refractivity contribution >= 4 is 17.7 Å². The normalized spacial score (nSPS) is 48.6. The Kier molecular flexibility index (Phi) is 21.8. The summed E-state index contributed by atoms with van der Waals surface area (Å²) < 4.78 is 63.3. The van der Waals surface area contributed by atoms with E-state index in [1.54, 1.807) is 0 Å². The lowest BCUT2D eigenvalue weighted by Crippen LogP contribution is -2.70. The van der Waals surface area contributed by atoms with Crippen molar-refractivity contribution in [3.63, 3.8) is 0 Å². The second-order valence-electron chi connectivity index (χ2n) is 19.0. The number of carbonyl (C=O) groups excluding carboxylic acids is 3. The molecule has 434 valence electrons. The van der Waals surface area contributed by atoms with E-state index < -0.39 is 235 Å². The number of aliphatic hydroxyl groups is 16. The maximum Gasteiger partial charge on any atom is 0.217 e. The van der Waals surface area contributed by atoms with Crippen molar-refractivity contribution in [2.75, 3.05) is 33.0 Å². The second kappa shape index (κ2) is 26.5. The summed E-state index contributed by atoms with van der Waals surface area (Å²) in [6.45, 7) is -0.0887. The molecule has 0 aromatic rings. The molecule has 75 heavy (non-hydrogen) atoms. The molecule has 6 rings (SSSR count). The van der Waals surface area contributed by atoms with Gasteiger partial charge in [-0.05, 0) is 6.92 Å². The van der Waals surface area contributed by atoms with E-state index in [0.717, 1.165) is 20.8 Å². The van der Waals surface area contributed by atoms with Crippen LogP contribution in [-0.2, 0) is 66.5 Å². The van der Waals surface area contributed by atoms with E-state index in [1.807, 2.05) is 0 Å². The molecule has 0 aliphatic carbocycles. The van der Waals surface area contributed by atoms with Crippen LogP contribution in [-0.4, -0.2) is 317 Å². The Balaban J connectivity index is 1.18. The van der Waals surface area contributed by atoms with Gasteiger partial charge in [-0.15, -0.1) is 0 Å². The van der Waals surface area contributed by atoms with E-state index in [1.165, 1.54) is 6.92 Å². The predicted molar refractivity (Wildman–Crippen MR) is 233 cm³/mol. The van der Waals surface area contributed by atoms with Crippen LogP contribution in [0.4, 0.5) is 0 Å². The first-order chi connectivity index (χ1) is 35.4.